The van der Waals surface area contributed by atoms with Gasteiger partial charge in [0, 0.05) is 24.5 Å². The van der Waals surface area contributed by atoms with Crippen LogP contribution < -0.4 is 10.4 Å². The minimum atomic E-state index is -0.275. The molecule has 2 aromatic rings. The van der Waals surface area contributed by atoms with Crippen molar-refractivity contribution in [2.75, 3.05) is 11.9 Å². The van der Waals surface area contributed by atoms with E-state index in [2.05, 4.69) is 20.3 Å². The second-order valence-corrected chi connectivity index (χ2v) is 5.10. The fourth-order valence-electron chi connectivity index (χ4n) is 2.29. The van der Waals surface area contributed by atoms with Crippen molar-refractivity contribution in [1.29, 1.82) is 5.41 Å². The van der Waals surface area contributed by atoms with Crippen LogP contribution in [0, 0.1) is 5.41 Å². The third kappa shape index (κ3) is 3.22. The van der Waals surface area contributed by atoms with Gasteiger partial charge in [0.15, 0.2) is 0 Å². The summed E-state index contributed by atoms with van der Waals surface area (Å²) in [4.78, 5) is 12.6. The van der Waals surface area contributed by atoms with E-state index < -0.39 is 0 Å². The summed E-state index contributed by atoms with van der Waals surface area (Å²) in [6, 6.07) is 6.91. The van der Waals surface area contributed by atoms with E-state index in [0.29, 0.717) is 22.9 Å². The molecule has 120 valence electrons. The van der Waals surface area contributed by atoms with Gasteiger partial charge in [-0.15, -0.1) is 0 Å². The lowest BCUT2D eigenvalue weighted by Crippen LogP contribution is -2.13. The van der Waals surface area contributed by atoms with Crippen LogP contribution >= 0.6 is 0 Å². The van der Waals surface area contributed by atoms with Crippen molar-refractivity contribution in [2.24, 2.45) is 0 Å². The molecule has 24 heavy (non-hydrogen) atoms. The number of nitrogens with one attached hydrogen (secondary N) is 2. The van der Waals surface area contributed by atoms with Crippen LogP contribution in [0.5, 0.6) is 0 Å². The Hall–Kier alpha value is -3.28. The maximum Gasteiger partial charge on any atom is 0.223 e. The highest BCUT2D eigenvalue weighted by atomic mass is 16.3. The monoisotopic (exact) mass is 318 g/mol. The summed E-state index contributed by atoms with van der Waals surface area (Å²) in [6.45, 7) is 2.69. The van der Waals surface area contributed by atoms with Crippen LogP contribution in [0.1, 0.15) is 18.3 Å². The largest absolute Gasteiger partial charge is 0.871 e. The molecule has 0 atom stereocenters. The molecule has 0 unspecified atom stereocenters. The second kappa shape index (κ2) is 6.87. The van der Waals surface area contributed by atoms with E-state index in [0.717, 1.165) is 12.1 Å². The van der Waals surface area contributed by atoms with Crippen LogP contribution in [0.4, 0.5) is 5.95 Å². The molecular weight excluding hydrogens is 302 g/mol. The molecule has 1 aliphatic carbocycles. The molecule has 2 heterocycles. The smallest absolute Gasteiger partial charge is 0.223 e. The molecule has 0 saturated heterocycles. The molecule has 6 heteroatoms. The van der Waals surface area contributed by atoms with Gasteiger partial charge in [0.2, 0.25) is 5.95 Å². The molecule has 0 spiro atoms. The van der Waals surface area contributed by atoms with Crippen LogP contribution in [-0.2, 0) is 0 Å². The summed E-state index contributed by atoms with van der Waals surface area (Å²) in [5, 5.41) is 23.7. The van der Waals surface area contributed by atoms with Gasteiger partial charge in [0.1, 0.15) is 0 Å². The van der Waals surface area contributed by atoms with Gasteiger partial charge in [0.05, 0.1) is 17.1 Å². The predicted molar refractivity (Wildman–Crippen MR) is 92.2 cm³/mol. The molecule has 1 aliphatic rings. The van der Waals surface area contributed by atoms with Gasteiger partial charge in [-0.3, -0.25) is 4.98 Å². The molecule has 0 radical (unpaired) electrons. The van der Waals surface area contributed by atoms with E-state index in [1.807, 2.05) is 6.92 Å². The Kier molecular flexibility index (Phi) is 4.47. The number of pyridine rings is 1. The molecule has 2 aromatic heterocycles. The maximum atomic E-state index is 12.6. The van der Waals surface area contributed by atoms with E-state index in [1.165, 1.54) is 0 Å². The number of hydrogen-bond donors (Lipinski definition) is 2. The summed E-state index contributed by atoms with van der Waals surface area (Å²) in [5.41, 5.74) is 2.23. The Balaban J connectivity index is 2.02. The Morgan fingerprint density at radius 1 is 1.17 bits per heavy atom. The third-order valence-corrected chi connectivity index (χ3v) is 3.45. The van der Waals surface area contributed by atoms with E-state index >= 15 is 0 Å². The van der Waals surface area contributed by atoms with Crippen molar-refractivity contribution >= 4 is 23.0 Å². The molecule has 0 aromatic carbocycles. The van der Waals surface area contributed by atoms with Gasteiger partial charge in [-0.25, -0.2) is 9.97 Å². The first-order valence-electron chi connectivity index (χ1n) is 7.57. The number of aromatic nitrogens is 3. The zero-order valence-corrected chi connectivity index (χ0v) is 13.2. The molecule has 0 fully saturated rings. The van der Waals surface area contributed by atoms with Crippen LogP contribution in [0.25, 0.3) is 11.3 Å². The van der Waals surface area contributed by atoms with Gasteiger partial charge in [-0.05, 0) is 42.8 Å². The van der Waals surface area contributed by atoms with E-state index in [-0.39, 0.29) is 11.5 Å². The number of allylic oxidation sites excluding steroid dienone is 5. The second-order valence-electron chi connectivity index (χ2n) is 5.10. The third-order valence-electron chi connectivity index (χ3n) is 3.45. The van der Waals surface area contributed by atoms with Crippen molar-refractivity contribution in [3.05, 3.63) is 71.8 Å². The fourth-order valence-corrected chi connectivity index (χ4v) is 2.29. The summed E-state index contributed by atoms with van der Waals surface area (Å²) in [6.07, 6.45) is 8.27. The first-order chi connectivity index (χ1) is 11.7. The lowest BCUT2D eigenvalue weighted by molar-refractivity contribution is -0.244. The van der Waals surface area contributed by atoms with Crippen molar-refractivity contribution < 1.29 is 5.11 Å². The lowest BCUT2D eigenvalue weighted by atomic mass is 9.96. The SMILES string of the molecule is CCNc1nccc(C2=C/C(=C(/[O-])c3ccccn3)C(=N)C=C2)n1. The minimum absolute atomic E-state index is 0.162. The molecule has 0 saturated carbocycles. The fraction of sp³-hybridized carbons (Fsp3) is 0.111. The molecule has 2 N–H and O–H groups in total. The summed E-state index contributed by atoms with van der Waals surface area (Å²) < 4.78 is 0. The summed E-state index contributed by atoms with van der Waals surface area (Å²) in [7, 11) is 0. The van der Waals surface area contributed by atoms with Crippen LogP contribution in [-0.4, -0.2) is 27.2 Å². The molecule has 6 nitrogen and oxygen atoms in total. The Morgan fingerprint density at radius 3 is 2.79 bits per heavy atom. The van der Waals surface area contributed by atoms with Gasteiger partial charge in [-0.2, -0.15) is 0 Å². The van der Waals surface area contributed by atoms with Crippen molar-refractivity contribution in [3.8, 4) is 0 Å². The Bertz CT molecular complexity index is 853. The quantitative estimate of drug-likeness (QED) is 0.841. The molecule has 0 amide bonds. The first kappa shape index (κ1) is 15.6. The normalized spacial score (nSPS) is 15.9. The molecular formula is C18H16N5O-. The average molecular weight is 318 g/mol. The van der Waals surface area contributed by atoms with Gasteiger partial charge in [0.25, 0.3) is 0 Å². The Morgan fingerprint density at radius 2 is 2.04 bits per heavy atom. The highest BCUT2D eigenvalue weighted by Gasteiger charge is 2.12. The highest BCUT2D eigenvalue weighted by molar-refractivity contribution is 6.16. The maximum absolute atomic E-state index is 12.6. The van der Waals surface area contributed by atoms with E-state index in [9.17, 15) is 5.11 Å². The van der Waals surface area contributed by atoms with Gasteiger partial charge in [-0.1, -0.05) is 17.9 Å². The van der Waals surface area contributed by atoms with Gasteiger partial charge >= 0.3 is 0 Å². The predicted octanol–water partition coefficient (Wildman–Crippen LogP) is 2.05. The lowest BCUT2D eigenvalue weighted by Gasteiger charge is -2.19. The summed E-state index contributed by atoms with van der Waals surface area (Å²) >= 11 is 0. The van der Waals surface area contributed by atoms with Crippen LogP contribution in [0.2, 0.25) is 0 Å². The van der Waals surface area contributed by atoms with E-state index in [1.54, 1.807) is 54.9 Å². The van der Waals surface area contributed by atoms with Crippen molar-refractivity contribution in [3.63, 3.8) is 0 Å². The highest BCUT2D eigenvalue weighted by Crippen LogP contribution is 2.25. The van der Waals surface area contributed by atoms with Crippen LogP contribution in [0.3, 0.4) is 0 Å². The van der Waals surface area contributed by atoms with Crippen molar-refractivity contribution in [1.82, 2.24) is 15.0 Å². The van der Waals surface area contributed by atoms with Crippen LogP contribution in [0.15, 0.2) is 60.5 Å². The van der Waals surface area contributed by atoms with E-state index in [4.69, 9.17) is 5.41 Å². The zero-order chi connectivity index (χ0) is 16.9. The van der Waals surface area contributed by atoms with Crippen molar-refractivity contribution in [2.45, 2.75) is 6.92 Å². The molecule has 3 rings (SSSR count). The molecule has 0 bridgehead atoms. The standard InChI is InChI=1S/C18H17N5O/c1-2-20-18-22-10-8-15(23-18)12-6-7-14(19)13(11-12)17(24)16-5-3-4-9-21-16/h3-11,19,24H,2H2,1H3,(H,20,22,23)/p-1/b17-13-,19-14?. The number of nitrogens with zero attached hydrogens (tertiary/aromatic N) is 3. The number of rotatable bonds is 4. The number of anilines is 1. The Labute approximate surface area is 139 Å². The zero-order valence-electron chi connectivity index (χ0n) is 13.2. The average Bonchev–Trinajstić information content (AvgIpc) is 2.63. The topological polar surface area (TPSA) is 97.6 Å². The summed E-state index contributed by atoms with van der Waals surface area (Å²) in [5.74, 6) is 0.256. The first-order valence-corrected chi connectivity index (χ1v) is 7.57. The minimum Gasteiger partial charge on any atom is -0.871 e. The molecule has 0 aliphatic heterocycles. The number of hydrogen-bond acceptors (Lipinski definition) is 6. The van der Waals surface area contributed by atoms with Gasteiger partial charge < -0.3 is 15.8 Å².